The number of hydrogen-bond acceptors (Lipinski definition) is 4. The van der Waals surface area contributed by atoms with E-state index < -0.39 is 0 Å². The van der Waals surface area contributed by atoms with Gasteiger partial charge >= 0.3 is 0 Å². The number of aryl methyl sites for hydroxylation is 1. The number of para-hydroxylation sites is 1. The number of carbonyl (C=O) groups excluding carboxylic acids is 1. The van der Waals surface area contributed by atoms with Gasteiger partial charge in [-0.3, -0.25) is 9.78 Å². The molecular formula is C29H31N3O2. The quantitative estimate of drug-likeness (QED) is 0.387. The van der Waals surface area contributed by atoms with E-state index in [0.29, 0.717) is 13.2 Å². The van der Waals surface area contributed by atoms with E-state index in [0.717, 1.165) is 51.1 Å². The van der Waals surface area contributed by atoms with Gasteiger partial charge in [0.05, 0.1) is 11.9 Å². The summed E-state index contributed by atoms with van der Waals surface area (Å²) in [6, 6.07) is 26.2. The first-order chi connectivity index (χ1) is 16.5. The summed E-state index contributed by atoms with van der Waals surface area (Å²) in [4.78, 5) is 19.8. The van der Waals surface area contributed by atoms with Crippen LogP contribution in [0, 0.1) is 6.92 Å². The number of pyridine rings is 1. The largest absolute Gasteiger partial charge is 0.492 e. The van der Waals surface area contributed by atoms with E-state index in [-0.39, 0.29) is 12.3 Å². The molecule has 0 aliphatic carbocycles. The molecule has 5 heteroatoms. The normalized spacial score (nSPS) is 11.1. The average Bonchev–Trinajstić information content (AvgIpc) is 2.84. The second kappa shape index (κ2) is 10.9. The minimum Gasteiger partial charge on any atom is -0.492 e. The monoisotopic (exact) mass is 453 g/mol. The van der Waals surface area contributed by atoms with Crippen LogP contribution >= 0.6 is 0 Å². The maximum atomic E-state index is 13.0. The number of hydrogen-bond donors (Lipinski definition) is 1. The predicted octanol–water partition coefficient (Wildman–Crippen LogP) is 5.01. The van der Waals surface area contributed by atoms with Gasteiger partial charge in [-0.25, -0.2) is 0 Å². The van der Waals surface area contributed by atoms with Crippen LogP contribution in [0.2, 0.25) is 0 Å². The van der Waals surface area contributed by atoms with Gasteiger partial charge in [0.25, 0.3) is 0 Å². The summed E-state index contributed by atoms with van der Waals surface area (Å²) < 4.78 is 5.74. The van der Waals surface area contributed by atoms with Crippen molar-refractivity contribution in [2.24, 2.45) is 0 Å². The Kier molecular flexibility index (Phi) is 7.55. The maximum Gasteiger partial charge on any atom is 0.224 e. The highest BCUT2D eigenvalue weighted by Crippen LogP contribution is 2.33. The van der Waals surface area contributed by atoms with Crippen LogP contribution in [0.4, 0.5) is 0 Å². The zero-order chi connectivity index (χ0) is 23.9. The van der Waals surface area contributed by atoms with Crippen molar-refractivity contribution in [3.05, 3.63) is 95.7 Å². The van der Waals surface area contributed by atoms with Crippen LogP contribution in [0.25, 0.3) is 22.0 Å². The van der Waals surface area contributed by atoms with Gasteiger partial charge in [0.2, 0.25) is 5.91 Å². The molecule has 3 aromatic carbocycles. The summed E-state index contributed by atoms with van der Waals surface area (Å²) in [6.45, 7) is 3.96. The predicted molar refractivity (Wildman–Crippen MR) is 138 cm³/mol. The molecule has 1 heterocycles. The first kappa shape index (κ1) is 23.5. The molecule has 0 bridgehead atoms. The summed E-state index contributed by atoms with van der Waals surface area (Å²) in [7, 11) is 4.04. The topological polar surface area (TPSA) is 54.5 Å². The van der Waals surface area contributed by atoms with Crippen molar-refractivity contribution in [2.75, 3.05) is 27.2 Å². The van der Waals surface area contributed by atoms with Crippen molar-refractivity contribution >= 4 is 16.8 Å². The lowest BCUT2D eigenvalue weighted by molar-refractivity contribution is -0.120. The lowest BCUT2D eigenvalue weighted by Gasteiger charge is -2.16. The molecule has 0 unspecified atom stereocenters. The Morgan fingerprint density at radius 1 is 0.941 bits per heavy atom. The average molecular weight is 454 g/mol. The Balaban J connectivity index is 1.48. The number of benzene rings is 3. The van der Waals surface area contributed by atoms with Crippen LogP contribution in [0.5, 0.6) is 5.75 Å². The number of nitrogens with one attached hydrogen (secondary N) is 1. The molecule has 5 nitrogen and oxygen atoms in total. The molecular weight excluding hydrogens is 422 g/mol. The summed E-state index contributed by atoms with van der Waals surface area (Å²) >= 11 is 0. The molecule has 34 heavy (non-hydrogen) atoms. The van der Waals surface area contributed by atoms with Crippen molar-refractivity contribution in [1.29, 1.82) is 0 Å². The Bertz CT molecular complexity index is 1250. The number of rotatable bonds is 9. The molecule has 4 aromatic rings. The highest BCUT2D eigenvalue weighted by atomic mass is 16.5. The number of likely N-dealkylation sites (N-methyl/N-ethyl adjacent to an activating group) is 1. The first-order valence-electron chi connectivity index (χ1n) is 11.6. The molecule has 174 valence electrons. The van der Waals surface area contributed by atoms with E-state index in [1.807, 2.05) is 81.7 Å². The molecule has 0 aliphatic heterocycles. The maximum absolute atomic E-state index is 13.0. The van der Waals surface area contributed by atoms with Gasteiger partial charge in [-0.2, -0.15) is 0 Å². The second-order valence-electron chi connectivity index (χ2n) is 8.68. The van der Waals surface area contributed by atoms with Crippen LogP contribution in [-0.4, -0.2) is 43.0 Å². The molecule has 1 aromatic heterocycles. The van der Waals surface area contributed by atoms with Crippen LogP contribution < -0.4 is 10.1 Å². The molecule has 0 atom stereocenters. The van der Waals surface area contributed by atoms with E-state index in [1.54, 1.807) is 0 Å². The van der Waals surface area contributed by atoms with Gasteiger partial charge in [0, 0.05) is 24.2 Å². The van der Waals surface area contributed by atoms with Gasteiger partial charge in [0.15, 0.2) is 0 Å². The van der Waals surface area contributed by atoms with Crippen LogP contribution in [0.15, 0.2) is 78.9 Å². The van der Waals surface area contributed by atoms with Gasteiger partial charge < -0.3 is 15.0 Å². The van der Waals surface area contributed by atoms with Crippen molar-refractivity contribution < 1.29 is 9.53 Å². The zero-order valence-electron chi connectivity index (χ0n) is 20.0. The molecule has 0 spiro atoms. The van der Waals surface area contributed by atoms with E-state index in [4.69, 9.17) is 9.72 Å². The Hall–Kier alpha value is -3.70. The molecule has 1 N–H and O–H groups in total. The minimum atomic E-state index is -0.0244. The van der Waals surface area contributed by atoms with Crippen LogP contribution in [0.1, 0.15) is 16.8 Å². The number of ether oxygens (including phenoxy) is 1. The number of nitrogens with zero attached hydrogens (tertiary/aromatic N) is 2. The molecule has 0 aliphatic rings. The van der Waals surface area contributed by atoms with E-state index in [2.05, 4.69) is 28.4 Å². The highest BCUT2D eigenvalue weighted by Gasteiger charge is 2.17. The Labute approximate surface area is 201 Å². The Morgan fingerprint density at radius 2 is 1.65 bits per heavy atom. The molecule has 0 saturated carbocycles. The fourth-order valence-corrected chi connectivity index (χ4v) is 4.00. The van der Waals surface area contributed by atoms with E-state index in [1.165, 1.54) is 0 Å². The lowest BCUT2D eigenvalue weighted by atomic mass is 9.92. The number of aromatic nitrogens is 1. The van der Waals surface area contributed by atoms with Crippen LogP contribution in [-0.2, 0) is 17.8 Å². The number of amides is 1. The molecule has 0 radical (unpaired) electrons. The van der Waals surface area contributed by atoms with E-state index >= 15 is 0 Å². The van der Waals surface area contributed by atoms with E-state index in [9.17, 15) is 4.79 Å². The number of fused-ring (bicyclic) bond motifs is 1. The van der Waals surface area contributed by atoms with Gasteiger partial charge in [-0.1, -0.05) is 60.7 Å². The second-order valence-corrected chi connectivity index (χ2v) is 8.68. The smallest absolute Gasteiger partial charge is 0.224 e. The summed E-state index contributed by atoms with van der Waals surface area (Å²) in [5.41, 5.74) is 6.00. The third-order valence-electron chi connectivity index (χ3n) is 5.82. The minimum absolute atomic E-state index is 0.0244. The van der Waals surface area contributed by atoms with Crippen LogP contribution in [0.3, 0.4) is 0 Å². The van der Waals surface area contributed by atoms with Gasteiger partial charge in [-0.15, -0.1) is 0 Å². The lowest BCUT2D eigenvalue weighted by Crippen LogP contribution is -2.25. The summed E-state index contributed by atoms with van der Waals surface area (Å²) in [5.74, 6) is 0.811. The van der Waals surface area contributed by atoms with Crippen molar-refractivity contribution in [2.45, 2.75) is 19.9 Å². The molecule has 0 fully saturated rings. The fourth-order valence-electron chi connectivity index (χ4n) is 4.00. The number of carbonyl (C=O) groups is 1. The standard InChI is InChI=1S/C29H31N3O2/c1-21-26(29(23-9-5-4-6-10-23)25-11-7-8-12-27(25)31-21)19-28(33)30-20-22-13-15-24(16-14-22)34-18-17-32(2)3/h4-16H,17-20H2,1-3H3,(H,30,33). The first-order valence-corrected chi connectivity index (χ1v) is 11.6. The summed E-state index contributed by atoms with van der Waals surface area (Å²) in [6.07, 6.45) is 0.277. The highest BCUT2D eigenvalue weighted by molar-refractivity contribution is 5.98. The van der Waals surface area contributed by atoms with Gasteiger partial charge in [0.1, 0.15) is 12.4 Å². The van der Waals surface area contributed by atoms with Gasteiger partial charge in [-0.05, 0) is 61.5 Å². The van der Waals surface area contributed by atoms with Crippen molar-refractivity contribution in [3.8, 4) is 16.9 Å². The molecule has 0 saturated heterocycles. The Morgan fingerprint density at radius 3 is 2.38 bits per heavy atom. The third kappa shape index (κ3) is 5.80. The summed E-state index contributed by atoms with van der Waals surface area (Å²) in [5, 5.41) is 4.13. The molecule has 4 rings (SSSR count). The SMILES string of the molecule is Cc1nc2ccccc2c(-c2ccccc2)c1CC(=O)NCc1ccc(OCCN(C)C)cc1. The molecule has 1 amide bonds. The van der Waals surface area contributed by atoms with Crippen molar-refractivity contribution in [1.82, 2.24) is 15.2 Å². The zero-order valence-corrected chi connectivity index (χ0v) is 20.0. The van der Waals surface area contributed by atoms with Crippen molar-refractivity contribution in [3.63, 3.8) is 0 Å². The fraction of sp³-hybridized carbons (Fsp3) is 0.241. The third-order valence-corrected chi connectivity index (χ3v) is 5.82.